The van der Waals surface area contributed by atoms with Gasteiger partial charge < -0.3 is 10.1 Å². The molecule has 0 spiro atoms. The lowest BCUT2D eigenvalue weighted by Crippen LogP contribution is -2.05. The highest BCUT2D eigenvalue weighted by atomic mass is 79.9. The molecule has 0 atom stereocenters. The summed E-state index contributed by atoms with van der Waals surface area (Å²) in [5, 5.41) is 3.13. The SMILES string of the molecule is CNCc1ccc(Oc2ccc(C)cc2Br)cc1Br. The third-order valence-electron chi connectivity index (χ3n) is 2.71. The lowest BCUT2D eigenvalue weighted by molar-refractivity contribution is 0.479. The predicted octanol–water partition coefficient (Wildman–Crippen LogP) is 5.03. The minimum Gasteiger partial charge on any atom is -0.456 e. The summed E-state index contributed by atoms with van der Waals surface area (Å²) in [4.78, 5) is 0. The minimum absolute atomic E-state index is 0.816. The molecule has 0 aliphatic carbocycles. The second kappa shape index (κ2) is 6.55. The number of nitrogens with one attached hydrogen (secondary N) is 1. The van der Waals surface area contributed by atoms with E-state index >= 15 is 0 Å². The fraction of sp³-hybridized carbons (Fsp3) is 0.200. The molecule has 100 valence electrons. The molecule has 0 radical (unpaired) electrons. The van der Waals surface area contributed by atoms with E-state index in [4.69, 9.17) is 4.74 Å². The summed E-state index contributed by atoms with van der Waals surface area (Å²) < 4.78 is 7.89. The third-order valence-corrected chi connectivity index (χ3v) is 4.06. The van der Waals surface area contributed by atoms with E-state index in [1.165, 1.54) is 11.1 Å². The van der Waals surface area contributed by atoms with Crippen LogP contribution in [0.3, 0.4) is 0 Å². The molecule has 0 unspecified atom stereocenters. The van der Waals surface area contributed by atoms with Crippen LogP contribution in [-0.2, 0) is 6.54 Å². The highest BCUT2D eigenvalue weighted by molar-refractivity contribution is 9.10. The molecule has 0 saturated heterocycles. The van der Waals surface area contributed by atoms with E-state index in [0.29, 0.717) is 0 Å². The largest absolute Gasteiger partial charge is 0.456 e. The molecule has 1 N–H and O–H groups in total. The Morgan fingerprint density at radius 2 is 1.84 bits per heavy atom. The molecule has 0 amide bonds. The van der Waals surface area contributed by atoms with Crippen molar-refractivity contribution >= 4 is 31.9 Å². The molecule has 19 heavy (non-hydrogen) atoms. The third kappa shape index (κ3) is 3.81. The number of aryl methyl sites for hydroxylation is 1. The number of rotatable bonds is 4. The molecule has 2 aromatic carbocycles. The van der Waals surface area contributed by atoms with Crippen LogP contribution < -0.4 is 10.1 Å². The highest BCUT2D eigenvalue weighted by Gasteiger charge is 2.05. The van der Waals surface area contributed by atoms with Crippen LogP contribution in [0.2, 0.25) is 0 Å². The summed E-state index contributed by atoms with van der Waals surface area (Å²) in [5.41, 5.74) is 2.41. The van der Waals surface area contributed by atoms with Gasteiger partial charge >= 0.3 is 0 Å². The zero-order chi connectivity index (χ0) is 13.8. The second-order valence-corrected chi connectivity index (χ2v) is 6.03. The summed E-state index contributed by atoms with van der Waals surface area (Å²) in [5.74, 6) is 1.63. The quantitative estimate of drug-likeness (QED) is 0.797. The predicted molar refractivity (Wildman–Crippen MR) is 85.9 cm³/mol. The molecule has 0 saturated carbocycles. The van der Waals surface area contributed by atoms with Gasteiger partial charge in [-0.2, -0.15) is 0 Å². The molecule has 2 nitrogen and oxygen atoms in total. The van der Waals surface area contributed by atoms with Gasteiger partial charge in [0.15, 0.2) is 0 Å². The van der Waals surface area contributed by atoms with Gasteiger partial charge in [-0.05, 0) is 65.3 Å². The molecular weight excluding hydrogens is 370 g/mol. The van der Waals surface area contributed by atoms with Crippen molar-refractivity contribution in [3.8, 4) is 11.5 Å². The fourth-order valence-electron chi connectivity index (χ4n) is 1.74. The van der Waals surface area contributed by atoms with E-state index in [1.807, 2.05) is 37.4 Å². The van der Waals surface area contributed by atoms with Crippen LogP contribution >= 0.6 is 31.9 Å². The van der Waals surface area contributed by atoms with E-state index in [-0.39, 0.29) is 0 Å². The van der Waals surface area contributed by atoms with E-state index in [0.717, 1.165) is 27.0 Å². The Hall–Kier alpha value is -0.840. The maximum Gasteiger partial charge on any atom is 0.141 e. The van der Waals surface area contributed by atoms with Gasteiger partial charge in [-0.1, -0.05) is 28.1 Å². The normalized spacial score (nSPS) is 10.5. The van der Waals surface area contributed by atoms with Crippen LogP contribution in [0.4, 0.5) is 0 Å². The molecule has 0 aromatic heterocycles. The monoisotopic (exact) mass is 383 g/mol. The van der Waals surface area contributed by atoms with Gasteiger partial charge in [0.05, 0.1) is 4.47 Å². The summed E-state index contributed by atoms with van der Waals surface area (Å²) in [6.07, 6.45) is 0. The Bertz CT molecular complexity index is 584. The van der Waals surface area contributed by atoms with Crippen molar-refractivity contribution in [3.05, 3.63) is 56.5 Å². The number of benzene rings is 2. The summed E-state index contributed by atoms with van der Waals surface area (Å²) in [6.45, 7) is 2.88. The summed E-state index contributed by atoms with van der Waals surface area (Å²) >= 11 is 7.08. The molecule has 2 aromatic rings. The molecule has 0 aliphatic heterocycles. The van der Waals surface area contributed by atoms with Crippen LogP contribution in [0.15, 0.2) is 45.3 Å². The van der Waals surface area contributed by atoms with E-state index in [9.17, 15) is 0 Å². The van der Waals surface area contributed by atoms with E-state index in [2.05, 4.69) is 50.2 Å². The first-order valence-electron chi connectivity index (χ1n) is 5.97. The van der Waals surface area contributed by atoms with Gasteiger partial charge in [-0.3, -0.25) is 0 Å². The number of hydrogen-bond acceptors (Lipinski definition) is 2. The average Bonchev–Trinajstić information content (AvgIpc) is 2.36. The minimum atomic E-state index is 0.816. The van der Waals surface area contributed by atoms with Gasteiger partial charge in [-0.15, -0.1) is 0 Å². The van der Waals surface area contributed by atoms with Crippen LogP contribution in [0.25, 0.3) is 0 Å². The highest BCUT2D eigenvalue weighted by Crippen LogP contribution is 2.32. The smallest absolute Gasteiger partial charge is 0.141 e. The molecule has 0 heterocycles. The Kier molecular flexibility index (Phi) is 5.02. The van der Waals surface area contributed by atoms with Crippen LogP contribution in [0.1, 0.15) is 11.1 Å². The van der Waals surface area contributed by atoms with Crippen molar-refractivity contribution in [2.75, 3.05) is 7.05 Å². The Morgan fingerprint density at radius 3 is 2.47 bits per heavy atom. The topological polar surface area (TPSA) is 21.3 Å². The molecular formula is C15H15Br2NO. The first kappa shape index (κ1) is 14.6. The standard InChI is InChI=1S/C15H15Br2NO/c1-10-3-6-15(14(17)7-10)19-12-5-4-11(9-18-2)13(16)8-12/h3-8,18H,9H2,1-2H3. The van der Waals surface area contributed by atoms with Crippen molar-refractivity contribution in [3.63, 3.8) is 0 Å². The molecule has 0 aliphatic rings. The van der Waals surface area contributed by atoms with Crippen LogP contribution in [0.5, 0.6) is 11.5 Å². The van der Waals surface area contributed by atoms with Gasteiger partial charge in [0, 0.05) is 11.0 Å². The van der Waals surface area contributed by atoms with Crippen molar-refractivity contribution in [2.45, 2.75) is 13.5 Å². The second-order valence-electron chi connectivity index (χ2n) is 4.32. The van der Waals surface area contributed by atoms with Gasteiger partial charge in [0.2, 0.25) is 0 Å². The summed E-state index contributed by atoms with van der Waals surface area (Å²) in [6, 6.07) is 12.1. The molecule has 4 heteroatoms. The molecule has 0 bridgehead atoms. The number of halogens is 2. The lowest BCUT2D eigenvalue weighted by atomic mass is 10.2. The lowest BCUT2D eigenvalue weighted by Gasteiger charge is -2.10. The van der Waals surface area contributed by atoms with E-state index < -0.39 is 0 Å². The number of ether oxygens (including phenoxy) is 1. The fourth-order valence-corrected chi connectivity index (χ4v) is 2.81. The van der Waals surface area contributed by atoms with Gasteiger partial charge in [-0.25, -0.2) is 0 Å². The zero-order valence-electron chi connectivity index (χ0n) is 10.8. The zero-order valence-corrected chi connectivity index (χ0v) is 14.0. The van der Waals surface area contributed by atoms with Crippen molar-refractivity contribution in [2.24, 2.45) is 0 Å². The van der Waals surface area contributed by atoms with Crippen LogP contribution in [0, 0.1) is 6.92 Å². The van der Waals surface area contributed by atoms with E-state index in [1.54, 1.807) is 0 Å². The first-order valence-corrected chi connectivity index (χ1v) is 7.56. The van der Waals surface area contributed by atoms with Gasteiger partial charge in [0.1, 0.15) is 11.5 Å². The van der Waals surface area contributed by atoms with Crippen molar-refractivity contribution in [1.82, 2.24) is 5.32 Å². The Balaban J connectivity index is 2.21. The molecule has 2 rings (SSSR count). The van der Waals surface area contributed by atoms with Crippen LogP contribution in [-0.4, -0.2) is 7.05 Å². The Morgan fingerprint density at radius 1 is 1.05 bits per heavy atom. The van der Waals surface area contributed by atoms with Gasteiger partial charge in [0.25, 0.3) is 0 Å². The first-order chi connectivity index (χ1) is 9.10. The number of hydrogen-bond donors (Lipinski definition) is 1. The average molecular weight is 385 g/mol. The molecule has 0 fully saturated rings. The van der Waals surface area contributed by atoms with Crippen molar-refractivity contribution in [1.29, 1.82) is 0 Å². The maximum absolute atomic E-state index is 5.88. The maximum atomic E-state index is 5.88. The summed E-state index contributed by atoms with van der Waals surface area (Å²) in [7, 11) is 1.93. The Labute approximate surface area is 130 Å². The van der Waals surface area contributed by atoms with Crippen molar-refractivity contribution < 1.29 is 4.74 Å².